The topological polar surface area (TPSA) is 93.7 Å². The van der Waals surface area contributed by atoms with Gasteiger partial charge in [0.05, 0.1) is 27.9 Å². The predicted molar refractivity (Wildman–Crippen MR) is 145 cm³/mol. The molecule has 0 fully saturated rings. The lowest BCUT2D eigenvalue weighted by Gasteiger charge is -2.32. The zero-order chi connectivity index (χ0) is 26.1. The van der Waals surface area contributed by atoms with Crippen LogP contribution in [-0.4, -0.2) is 52.0 Å². The summed E-state index contributed by atoms with van der Waals surface area (Å²) < 4.78 is 12.2. The summed E-state index contributed by atoms with van der Waals surface area (Å²) in [5.74, 6) is -0.204. The number of carbonyl (C=O) groups excluding carboxylic acids is 2. The first-order valence-electron chi connectivity index (χ1n) is 12.5. The Labute approximate surface area is 219 Å². The van der Waals surface area contributed by atoms with Gasteiger partial charge in [-0.1, -0.05) is 29.5 Å². The third-order valence-corrected chi connectivity index (χ3v) is 7.50. The lowest BCUT2D eigenvalue weighted by atomic mass is 9.95. The number of hydrogen-bond donors (Lipinski definition) is 1. The summed E-state index contributed by atoms with van der Waals surface area (Å²) in [7, 11) is 0. The van der Waals surface area contributed by atoms with Crippen molar-refractivity contribution in [3.63, 3.8) is 0 Å². The molecule has 4 aromatic rings. The van der Waals surface area contributed by atoms with Crippen molar-refractivity contribution in [3.05, 3.63) is 59.3 Å². The molecule has 0 aliphatic carbocycles. The zero-order valence-electron chi connectivity index (χ0n) is 21.4. The van der Waals surface area contributed by atoms with Crippen LogP contribution in [0.5, 0.6) is 5.75 Å². The Kier molecular flexibility index (Phi) is 7.08. The van der Waals surface area contributed by atoms with Crippen molar-refractivity contribution in [2.45, 2.75) is 52.8 Å². The van der Waals surface area contributed by atoms with Gasteiger partial charge in [0.1, 0.15) is 5.75 Å². The maximum atomic E-state index is 13.5. The average molecular weight is 519 g/mol. The fraction of sp³-hybridized carbons (Fsp3) is 0.357. The van der Waals surface area contributed by atoms with Crippen molar-refractivity contribution in [2.75, 3.05) is 18.5 Å². The SMILES string of the molecule is CCOc1ccc2nc(NC(=O)C(C)OC(=O)c3c4c(nc5ccccc35)CCN(C(C)C)C4)sc2c1. The summed E-state index contributed by atoms with van der Waals surface area (Å²) in [4.78, 5) is 38.1. The minimum atomic E-state index is -1.01. The van der Waals surface area contributed by atoms with Gasteiger partial charge in [-0.05, 0) is 52.0 Å². The van der Waals surface area contributed by atoms with Gasteiger partial charge in [0.25, 0.3) is 5.91 Å². The summed E-state index contributed by atoms with van der Waals surface area (Å²) >= 11 is 1.34. The molecule has 37 heavy (non-hydrogen) atoms. The molecule has 8 nitrogen and oxygen atoms in total. The van der Waals surface area contributed by atoms with E-state index in [-0.39, 0.29) is 0 Å². The Morgan fingerprint density at radius 1 is 1.11 bits per heavy atom. The average Bonchev–Trinajstić information content (AvgIpc) is 3.28. The molecule has 1 amide bonds. The Balaban J connectivity index is 1.37. The van der Waals surface area contributed by atoms with Gasteiger partial charge in [-0.3, -0.25) is 20.0 Å². The number of benzene rings is 2. The first kappa shape index (κ1) is 25.1. The van der Waals surface area contributed by atoms with Crippen molar-refractivity contribution in [2.24, 2.45) is 0 Å². The molecule has 192 valence electrons. The molecule has 1 aliphatic heterocycles. The van der Waals surface area contributed by atoms with Crippen LogP contribution < -0.4 is 10.1 Å². The molecule has 2 aromatic carbocycles. The van der Waals surface area contributed by atoms with E-state index in [2.05, 4.69) is 29.0 Å². The van der Waals surface area contributed by atoms with Crippen molar-refractivity contribution in [1.82, 2.24) is 14.9 Å². The molecule has 3 heterocycles. The number of thiazole rings is 1. The Hall–Kier alpha value is -3.56. The van der Waals surface area contributed by atoms with Crippen LogP contribution in [0, 0.1) is 0 Å². The highest BCUT2D eigenvalue weighted by Crippen LogP contribution is 2.31. The van der Waals surface area contributed by atoms with E-state index in [0.29, 0.717) is 29.9 Å². The first-order valence-corrected chi connectivity index (χ1v) is 13.4. The summed E-state index contributed by atoms with van der Waals surface area (Å²) in [6.07, 6.45) is -0.247. The van der Waals surface area contributed by atoms with E-state index in [0.717, 1.165) is 51.1 Å². The number of nitrogens with one attached hydrogen (secondary N) is 1. The molecule has 5 rings (SSSR count). The molecule has 0 spiro atoms. The fourth-order valence-corrected chi connectivity index (χ4v) is 5.48. The van der Waals surface area contributed by atoms with Crippen LogP contribution >= 0.6 is 11.3 Å². The second kappa shape index (κ2) is 10.4. The van der Waals surface area contributed by atoms with Crippen molar-refractivity contribution in [3.8, 4) is 5.75 Å². The number of aromatic nitrogens is 2. The van der Waals surface area contributed by atoms with E-state index in [1.54, 1.807) is 6.92 Å². The van der Waals surface area contributed by atoms with E-state index in [4.69, 9.17) is 14.5 Å². The molecule has 0 radical (unpaired) electrons. The number of para-hydroxylation sites is 1. The fourth-order valence-electron chi connectivity index (χ4n) is 4.58. The second-order valence-corrected chi connectivity index (χ2v) is 10.4. The van der Waals surface area contributed by atoms with Crippen molar-refractivity contribution in [1.29, 1.82) is 0 Å². The number of ether oxygens (including phenoxy) is 2. The number of rotatable bonds is 7. The smallest absolute Gasteiger partial charge is 0.339 e. The molecule has 0 saturated heterocycles. The summed E-state index contributed by atoms with van der Waals surface area (Å²) in [6.45, 7) is 9.86. The molecule has 1 N–H and O–H groups in total. The van der Waals surface area contributed by atoms with Gasteiger partial charge in [-0.15, -0.1) is 0 Å². The largest absolute Gasteiger partial charge is 0.494 e. The van der Waals surface area contributed by atoms with Crippen LogP contribution in [0.4, 0.5) is 5.13 Å². The van der Waals surface area contributed by atoms with Crippen LogP contribution in [-0.2, 0) is 22.5 Å². The maximum Gasteiger partial charge on any atom is 0.339 e. The van der Waals surface area contributed by atoms with Crippen LogP contribution in [0.3, 0.4) is 0 Å². The van der Waals surface area contributed by atoms with Gasteiger partial charge < -0.3 is 9.47 Å². The van der Waals surface area contributed by atoms with E-state index in [1.807, 2.05) is 49.4 Å². The molecule has 0 saturated carbocycles. The maximum absolute atomic E-state index is 13.5. The molecule has 1 aliphatic rings. The lowest BCUT2D eigenvalue weighted by Crippen LogP contribution is -2.37. The Morgan fingerprint density at radius 2 is 1.92 bits per heavy atom. The van der Waals surface area contributed by atoms with Crippen LogP contribution in [0.15, 0.2) is 42.5 Å². The van der Waals surface area contributed by atoms with E-state index in [1.165, 1.54) is 11.3 Å². The zero-order valence-corrected chi connectivity index (χ0v) is 22.2. The molecular formula is C28H30N4O4S. The van der Waals surface area contributed by atoms with E-state index >= 15 is 0 Å². The number of esters is 1. The van der Waals surface area contributed by atoms with Gasteiger partial charge in [-0.25, -0.2) is 9.78 Å². The number of fused-ring (bicyclic) bond motifs is 3. The molecule has 2 aromatic heterocycles. The number of amides is 1. The van der Waals surface area contributed by atoms with Gasteiger partial charge in [0.15, 0.2) is 11.2 Å². The first-order chi connectivity index (χ1) is 17.8. The normalized spacial score (nSPS) is 14.5. The highest BCUT2D eigenvalue weighted by atomic mass is 32.1. The summed E-state index contributed by atoms with van der Waals surface area (Å²) in [6, 6.07) is 13.5. The Morgan fingerprint density at radius 3 is 2.70 bits per heavy atom. The van der Waals surface area contributed by atoms with Crippen LogP contribution in [0.25, 0.3) is 21.1 Å². The minimum Gasteiger partial charge on any atom is -0.494 e. The highest BCUT2D eigenvalue weighted by molar-refractivity contribution is 7.22. The van der Waals surface area contributed by atoms with E-state index in [9.17, 15) is 9.59 Å². The second-order valence-electron chi connectivity index (χ2n) is 9.36. The van der Waals surface area contributed by atoms with Gasteiger partial charge in [0.2, 0.25) is 0 Å². The number of anilines is 1. The predicted octanol–water partition coefficient (Wildman–Crippen LogP) is 5.19. The van der Waals surface area contributed by atoms with Crippen molar-refractivity contribution < 1.29 is 19.1 Å². The molecule has 9 heteroatoms. The van der Waals surface area contributed by atoms with Crippen LogP contribution in [0.1, 0.15) is 49.3 Å². The Bertz CT molecular complexity index is 1480. The van der Waals surface area contributed by atoms with Crippen LogP contribution in [0.2, 0.25) is 0 Å². The quantitative estimate of drug-likeness (QED) is 0.336. The number of hydrogen-bond acceptors (Lipinski definition) is 8. The minimum absolute atomic E-state index is 0.339. The number of pyridine rings is 1. The molecule has 1 atom stereocenters. The van der Waals surface area contributed by atoms with Gasteiger partial charge in [0, 0.05) is 42.2 Å². The summed E-state index contributed by atoms with van der Waals surface area (Å²) in [5, 5.41) is 3.97. The summed E-state index contributed by atoms with van der Waals surface area (Å²) in [5.41, 5.74) is 3.81. The highest BCUT2D eigenvalue weighted by Gasteiger charge is 2.29. The van der Waals surface area contributed by atoms with Gasteiger partial charge in [-0.2, -0.15) is 0 Å². The monoisotopic (exact) mass is 518 g/mol. The van der Waals surface area contributed by atoms with Crippen molar-refractivity contribution >= 4 is 49.5 Å². The van der Waals surface area contributed by atoms with E-state index < -0.39 is 18.0 Å². The third-order valence-electron chi connectivity index (χ3n) is 6.56. The molecule has 1 unspecified atom stereocenters. The number of nitrogens with zero attached hydrogens (tertiary/aromatic N) is 3. The molecular weight excluding hydrogens is 488 g/mol. The third kappa shape index (κ3) is 5.14. The molecule has 0 bridgehead atoms. The standard InChI is InChI=1S/C28H30N4O4S/c1-5-35-18-10-11-23-24(14-18)37-28(30-23)31-26(33)17(4)36-27(34)25-19-8-6-7-9-21(19)29-22-12-13-32(16(2)3)15-20(22)25/h6-11,14,16-17H,5,12-13,15H2,1-4H3,(H,30,31,33). The lowest BCUT2D eigenvalue weighted by molar-refractivity contribution is -0.123. The number of carbonyl (C=O) groups is 2. The van der Waals surface area contributed by atoms with Gasteiger partial charge >= 0.3 is 5.97 Å².